The summed E-state index contributed by atoms with van der Waals surface area (Å²) in [4.78, 5) is 22.6. The van der Waals surface area contributed by atoms with E-state index in [0.29, 0.717) is 12.8 Å². The minimum atomic E-state index is -4.09. The molecule has 2 rings (SSSR count). The van der Waals surface area contributed by atoms with E-state index >= 15 is 0 Å². The minimum absolute atomic E-state index is 0.00460. The van der Waals surface area contributed by atoms with Crippen molar-refractivity contribution in [3.63, 3.8) is 0 Å². The number of aliphatic carboxylic acids is 1. The lowest BCUT2D eigenvalue weighted by molar-refractivity contribution is -0.201. The Morgan fingerprint density at radius 3 is 2.40 bits per heavy atom. The molecular weight excluding hydrogens is 274 g/mol. The van der Waals surface area contributed by atoms with Crippen LogP contribution in [0.3, 0.4) is 0 Å². The first kappa shape index (κ1) is 15.2. The van der Waals surface area contributed by atoms with E-state index in [4.69, 9.17) is 14.6 Å². The zero-order valence-corrected chi connectivity index (χ0v) is 11.3. The van der Waals surface area contributed by atoms with Gasteiger partial charge in [-0.25, -0.2) is 4.79 Å². The van der Waals surface area contributed by atoms with Crippen LogP contribution in [0.25, 0.3) is 0 Å². The van der Waals surface area contributed by atoms with Crippen LogP contribution in [0.15, 0.2) is 0 Å². The number of carbonyl (C=O) groups is 2. The van der Waals surface area contributed by atoms with Crippen LogP contribution in [0.4, 0.5) is 8.78 Å². The largest absolute Gasteiger partial charge is 0.477 e. The van der Waals surface area contributed by atoms with Crippen molar-refractivity contribution in [3.8, 4) is 0 Å². The number of rotatable bonds is 5. The number of halogens is 2. The highest BCUT2D eigenvalue weighted by atomic mass is 19.3. The second-order valence-corrected chi connectivity index (χ2v) is 5.75. The predicted octanol–water partition coefficient (Wildman–Crippen LogP) is 1.84. The fourth-order valence-corrected chi connectivity index (χ4v) is 2.85. The van der Waals surface area contributed by atoms with Crippen LogP contribution in [0, 0.1) is 11.8 Å². The third-order valence-electron chi connectivity index (χ3n) is 3.90. The summed E-state index contributed by atoms with van der Waals surface area (Å²) < 4.78 is 37.5. The summed E-state index contributed by atoms with van der Waals surface area (Å²) in [5, 5.41) is 8.58. The van der Waals surface area contributed by atoms with Crippen molar-refractivity contribution in [1.82, 2.24) is 0 Å². The Hall–Kier alpha value is -1.24. The lowest BCUT2D eigenvalue weighted by atomic mass is 9.89. The monoisotopic (exact) mass is 292 g/mol. The fraction of sp³-hybridized carbons (Fsp3) is 0.846. The van der Waals surface area contributed by atoms with Crippen molar-refractivity contribution in [2.45, 2.75) is 57.3 Å². The van der Waals surface area contributed by atoms with Gasteiger partial charge in [0, 0.05) is 0 Å². The van der Waals surface area contributed by atoms with Crippen LogP contribution in [0.5, 0.6) is 0 Å². The number of carboxylic acids is 1. The van der Waals surface area contributed by atoms with Gasteiger partial charge >= 0.3 is 17.9 Å². The van der Waals surface area contributed by atoms with Crippen molar-refractivity contribution in [1.29, 1.82) is 0 Å². The third kappa shape index (κ3) is 2.63. The van der Waals surface area contributed by atoms with Crippen LogP contribution in [-0.2, 0) is 19.1 Å². The Morgan fingerprint density at radius 1 is 1.35 bits per heavy atom. The van der Waals surface area contributed by atoms with Gasteiger partial charge in [0.25, 0.3) is 0 Å². The normalized spacial score (nSPS) is 30.6. The van der Waals surface area contributed by atoms with Gasteiger partial charge in [0.05, 0.1) is 18.1 Å². The summed E-state index contributed by atoms with van der Waals surface area (Å²) in [6.45, 7) is 2.79. The Morgan fingerprint density at radius 2 is 2.00 bits per heavy atom. The molecule has 0 saturated carbocycles. The maximum atomic E-state index is 13.6. The van der Waals surface area contributed by atoms with Crippen LogP contribution in [0.2, 0.25) is 0 Å². The number of carboxylic acid groups (broad SMARTS) is 1. The molecule has 2 aliphatic heterocycles. The third-order valence-corrected chi connectivity index (χ3v) is 3.90. The van der Waals surface area contributed by atoms with Gasteiger partial charge in [0.15, 0.2) is 6.10 Å². The van der Waals surface area contributed by atoms with Gasteiger partial charge in [0.1, 0.15) is 0 Å². The van der Waals surface area contributed by atoms with Crippen molar-refractivity contribution in [3.05, 3.63) is 0 Å². The molecule has 0 aromatic rings. The first-order valence-corrected chi connectivity index (χ1v) is 6.70. The molecule has 0 aromatic heterocycles. The lowest BCUT2D eigenvalue weighted by Gasteiger charge is -2.28. The number of hydrogen-bond acceptors (Lipinski definition) is 4. The molecule has 0 aromatic carbocycles. The van der Waals surface area contributed by atoms with Crippen LogP contribution >= 0.6 is 0 Å². The van der Waals surface area contributed by atoms with E-state index in [1.165, 1.54) is 13.8 Å². The molecular formula is C13H18F2O5. The average Bonchev–Trinajstić information content (AvgIpc) is 2.96. The van der Waals surface area contributed by atoms with E-state index in [2.05, 4.69) is 0 Å². The van der Waals surface area contributed by atoms with Gasteiger partial charge in [-0.15, -0.1) is 0 Å². The van der Waals surface area contributed by atoms with E-state index in [0.717, 1.165) is 6.42 Å². The molecule has 1 N–H and O–H groups in total. The first-order chi connectivity index (χ1) is 9.23. The number of ether oxygens (including phenoxy) is 2. The van der Waals surface area contributed by atoms with Crippen molar-refractivity contribution < 1.29 is 33.0 Å². The number of fused-ring (bicyclic) bond motifs is 2. The van der Waals surface area contributed by atoms with Gasteiger partial charge in [0.2, 0.25) is 0 Å². The molecule has 2 heterocycles. The highest BCUT2D eigenvalue weighted by Gasteiger charge is 2.53. The molecule has 114 valence electrons. The van der Waals surface area contributed by atoms with E-state index < -0.39 is 35.8 Å². The number of alkyl halides is 2. The van der Waals surface area contributed by atoms with Crippen LogP contribution in [0.1, 0.15) is 33.1 Å². The summed E-state index contributed by atoms with van der Waals surface area (Å²) in [7, 11) is 0. The maximum absolute atomic E-state index is 13.6. The molecule has 4 unspecified atom stereocenters. The topological polar surface area (TPSA) is 72.8 Å². The molecule has 7 heteroatoms. The second-order valence-electron chi connectivity index (χ2n) is 5.75. The van der Waals surface area contributed by atoms with Crippen molar-refractivity contribution >= 4 is 11.9 Å². The summed E-state index contributed by atoms with van der Waals surface area (Å²) in [6.07, 6.45) is -0.202. The van der Waals surface area contributed by atoms with E-state index in [9.17, 15) is 18.4 Å². The first-order valence-electron chi connectivity index (χ1n) is 6.70. The van der Waals surface area contributed by atoms with Crippen molar-refractivity contribution in [2.75, 3.05) is 0 Å². The van der Waals surface area contributed by atoms with Gasteiger partial charge < -0.3 is 14.6 Å². The lowest BCUT2D eigenvalue weighted by Crippen LogP contribution is -2.48. The van der Waals surface area contributed by atoms with Gasteiger partial charge in [-0.2, -0.15) is 8.78 Å². The molecule has 2 aliphatic rings. The molecule has 0 amide bonds. The molecule has 0 radical (unpaired) electrons. The number of hydrogen-bond donors (Lipinski definition) is 1. The number of esters is 1. The molecule has 0 spiro atoms. The Kier molecular flexibility index (Phi) is 4.00. The highest BCUT2D eigenvalue weighted by molar-refractivity contribution is 5.78. The molecule has 5 nitrogen and oxygen atoms in total. The molecule has 0 aliphatic carbocycles. The summed E-state index contributed by atoms with van der Waals surface area (Å²) in [5.74, 6) is -8.52. The SMILES string of the molecule is CC(C)C(OC(=O)C1CC2CCC1O2)C(F)(F)C(=O)O. The second kappa shape index (κ2) is 5.27. The molecule has 2 fully saturated rings. The summed E-state index contributed by atoms with van der Waals surface area (Å²) in [6, 6.07) is 0. The molecule has 4 atom stereocenters. The average molecular weight is 292 g/mol. The summed E-state index contributed by atoms with van der Waals surface area (Å²) in [5.41, 5.74) is 0. The Balaban J connectivity index is 2.05. The van der Waals surface area contributed by atoms with Gasteiger partial charge in [-0.05, 0) is 25.2 Å². The Bertz CT molecular complexity index is 410. The van der Waals surface area contributed by atoms with E-state index in [1.54, 1.807) is 0 Å². The minimum Gasteiger partial charge on any atom is -0.477 e. The zero-order chi connectivity index (χ0) is 15.1. The van der Waals surface area contributed by atoms with Crippen molar-refractivity contribution in [2.24, 2.45) is 11.8 Å². The van der Waals surface area contributed by atoms with Gasteiger partial charge in [-0.1, -0.05) is 13.8 Å². The standard InChI is InChI=1S/C13H18F2O5/c1-6(2)10(13(14,15)12(17)18)20-11(16)8-5-7-3-4-9(8)19-7/h6-10H,3-5H2,1-2H3,(H,17,18). The van der Waals surface area contributed by atoms with E-state index in [1.807, 2.05) is 0 Å². The molecule has 2 bridgehead atoms. The smallest absolute Gasteiger partial charge is 0.378 e. The fourth-order valence-electron chi connectivity index (χ4n) is 2.85. The quantitative estimate of drug-likeness (QED) is 0.783. The predicted molar refractivity (Wildman–Crippen MR) is 63.3 cm³/mol. The Labute approximate surface area is 115 Å². The van der Waals surface area contributed by atoms with E-state index in [-0.39, 0.29) is 12.2 Å². The molecule has 20 heavy (non-hydrogen) atoms. The summed E-state index contributed by atoms with van der Waals surface area (Å²) >= 11 is 0. The van der Waals surface area contributed by atoms with Crippen LogP contribution in [-0.4, -0.2) is 41.3 Å². The zero-order valence-electron chi connectivity index (χ0n) is 11.3. The maximum Gasteiger partial charge on any atom is 0.378 e. The highest BCUT2D eigenvalue weighted by Crippen LogP contribution is 2.40. The van der Waals surface area contributed by atoms with Gasteiger partial charge in [-0.3, -0.25) is 4.79 Å². The molecule has 2 saturated heterocycles. The number of carbonyl (C=O) groups excluding carboxylic acids is 1. The van der Waals surface area contributed by atoms with Crippen LogP contribution < -0.4 is 0 Å².